The van der Waals surface area contributed by atoms with Gasteiger partial charge < -0.3 is 15.1 Å². The van der Waals surface area contributed by atoms with Crippen molar-refractivity contribution in [1.29, 1.82) is 0 Å². The number of anilines is 2. The molecule has 1 aromatic carbocycles. The molecule has 25 heavy (non-hydrogen) atoms. The van der Waals surface area contributed by atoms with Crippen molar-refractivity contribution in [1.82, 2.24) is 20.0 Å². The van der Waals surface area contributed by atoms with E-state index in [0.29, 0.717) is 23.0 Å². The number of hydrogen-bond donors (Lipinski definition) is 2. The minimum absolute atomic E-state index is 0.0297. The molecule has 0 saturated carbocycles. The zero-order valence-corrected chi connectivity index (χ0v) is 14.1. The molecule has 0 fully saturated rings. The molecular weight excluding hydrogens is 324 g/mol. The van der Waals surface area contributed by atoms with E-state index >= 15 is 0 Å². The van der Waals surface area contributed by atoms with Crippen molar-refractivity contribution in [2.24, 2.45) is 5.92 Å². The van der Waals surface area contributed by atoms with Gasteiger partial charge in [-0.15, -0.1) is 5.10 Å². The molecule has 0 unspecified atom stereocenters. The lowest BCUT2D eigenvalue weighted by Gasteiger charge is -2.05. The van der Waals surface area contributed by atoms with Gasteiger partial charge in [0, 0.05) is 24.6 Å². The number of amides is 2. The van der Waals surface area contributed by atoms with Crippen LogP contribution in [0.1, 0.15) is 19.7 Å². The Kier molecular flexibility index (Phi) is 4.46. The number of nitrogens with zero attached hydrogens (tertiary/aromatic N) is 4. The Hall–Kier alpha value is -3.23. The molecule has 9 nitrogen and oxygen atoms in total. The molecule has 0 atom stereocenters. The van der Waals surface area contributed by atoms with Crippen LogP contribution < -0.4 is 10.6 Å². The standard InChI is InChI=1S/C16H18N6O3/c1-9(2)16(24)19-14-7-22(21-20-14)8-15(23)18-11-4-5-12-13(6-11)25-10(3)17-12/h4-7,9H,8H2,1-3H3,(H,18,23)(H,19,24). The van der Waals surface area contributed by atoms with Crippen molar-refractivity contribution < 1.29 is 14.0 Å². The molecule has 0 aliphatic carbocycles. The van der Waals surface area contributed by atoms with E-state index in [0.717, 1.165) is 5.52 Å². The number of benzene rings is 1. The predicted octanol–water partition coefficient (Wildman–Crippen LogP) is 1.96. The maximum Gasteiger partial charge on any atom is 0.246 e. The number of fused-ring (bicyclic) bond motifs is 1. The Balaban J connectivity index is 1.61. The third kappa shape index (κ3) is 4.00. The number of aromatic nitrogens is 4. The fourth-order valence-electron chi connectivity index (χ4n) is 2.17. The number of rotatable bonds is 5. The second-order valence-electron chi connectivity index (χ2n) is 5.91. The summed E-state index contributed by atoms with van der Waals surface area (Å²) in [4.78, 5) is 27.9. The van der Waals surface area contributed by atoms with E-state index in [1.54, 1.807) is 39.0 Å². The molecule has 0 aliphatic rings. The van der Waals surface area contributed by atoms with Crippen molar-refractivity contribution in [2.45, 2.75) is 27.3 Å². The normalized spacial score (nSPS) is 11.0. The number of hydrogen-bond acceptors (Lipinski definition) is 6. The number of carbonyl (C=O) groups excluding carboxylic acids is 2. The first kappa shape index (κ1) is 16.6. The van der Waals surface area contributed by atoms with Crippen LogP contribution in [0.2, 0.25) is 0 Å². The topological polar surface area (TPSA) is 115 Å². The van der Waals surface area contributed by atoms with Gasteiger partial charge in [-0.2, -0.15) is 0 Å². The molecule has 130 valence electrons. The summed E-state index contributed by atoms with van der Waals surface area (Å²) in [6.45, 7) is 5.29. The number of oxazole rings is 1. The maximum absolute atomic E-state index is 12.1. The molecule has 2 aromatic heterocycles. The Morgan fingerprint density at radius 3 is 2.84 bits per heavy atom. The van der Waals surface area contributed by atoms with E-state index in [2.05, 4.69) is 25.9 Å². The zero-order valence-electron chi connectivity index (χ0n) is 14.1. The lowest BCUT2D eigenvalue weighted by molar-refractivity contribution is -0.119. The predicted molar refractivity (Wildman–Crippen MR) is 90.9 cm³/mol. The summed E-state index contributed by atoms with van der Waals surface area (Å²) in [5, 5.41) is 13.0. The lowest BCUT2D eigenvalue weighted by atomic mass is 10.2. The highest BCUT2D eigenvalue weighted by Gasteiger charge is 2.12. The second-order valence-corrected chi connectivity index (χ2v) is 5.91. The molecule has 0 radical (unpaired) electrons. The summed E-state index contributed by atoms with van der Waals surface area (Å²) in [7, 11) is 0. The molecule has 3 aromatic rings. The molecule has 9 heteroatoms. The van der Waals surface area contributed by atoms with Crippen LogP contribution in [-0.2, 0) is 16.1 Å². The van der Waals surface area contributed by atoms with Crippen LogP contribution in [0.15, 0.2) is 28.8 Å². The van der Waals surface area contributed by atoms with Gasteiger partial charge in [-0.3, -0.25) is 9.59 Å². The second kappa shape index (κ2) is 6.71. The molecule has 0 bridgehead atoms. The van der Waals surface area contributed by atoms with Crippen LogP contribution in [0.4, 0.5) is 11.5 Å². The summed E-state index contributed by atoms with van der Waals surface area (Å²) in [6, 6.07) is 5.23. The number of aryl methyl sites for hydroxylation is 1. The minimum atomic E-state index is -0.276. The first-order valence-corrected chi connectivity index (χ1v) is 7.79. The van der Waals surface area contributed by atoms with Crippen LogP contribution in [0, 0.1) is 12.8 Å². The molecule has 2 N–H and O–H groups in total. The van der Waals surface area contributed by atoms with E-state index in [-0.39, 0.29) is 24.3 Å². The Morgan fingerprint density at radius 2 is 2.08 bits per heavy atom. The molecule has 0 spiro atoms. The largest absolute Gasteiger partial charge is 0.441 e. The highest BCUT2D eigenvalue weighted by Crippen LogP contribution is 2.19. The summed E-state index contributed by atoms with van der Waals surface area (Å²) in [6.07, 6.45) is 1.50. The first-order valence-electron chi connectivity index (χ1n) is 7.79. The number of carbonyl (C=O) groups is 2. The van der Waals surface area contributed by atoms with Gasteiger partial charge in [-0.05, 0) is 12.1 Å². The van der Waals surface area contributed by atoms with E-state index in [4.69, 9.17) is 4.42 Å². The molecule has 3 rings (SSSR count). The Morgan fingerprint density at radius 1 is 1.28 bits per heavy atom. The quantitative estimate of drug-likeness (QED) is 0.732. The highest BCUT2D eigenvalue weighted by atomic mass is 16.3. The zero-order chi connectivity index (χ0) is 18.0. The van der Waals surface area contributed by atoms with Crippen molar-refractivity contribution in [2.75, 3.05) is 10.6 Å². The minimum Gasteiger partial charge on any atom is -0.441 e. The monoisotopic (exact) mass is 342 g/mol. The van der Waals surface area contributed by atoms with Gasteiger partial charge in [0.2, 0.25) is 11.8 Å². The average molecular weight is 342 g/mol. The molecule has 0 saturated heterocycles. The maximum atomic E-state index is 12.1. The Bertz CT molecular complexity index is 927. The van der Waals surface area contributed by atoms with Crippen LogP contribution in [0.5, 0.6) is 0 Å². The van der Waals surface area contributed by atoms with Crippen molar-refractivity contribution in [3.8, 4) is 0 Å². The van der Waals surface area contributed by atoms with Gasteiger partial charge in [-0.1, -0.05) is 19.1 Å². The fourth-order valence-corrected chi connectivity index (χ4v) is 2.17. The smallest absolute Gasteiger partial charge is 0.246 e. The average Bonchev–Trinajstić information content (AvgIpc) is 3.11. The molecule has 0 aliphatic heterocycles. The van der Waals surface area contributed by atoms with Gasteiger partial charge in [0.15, 0.2) is 17.3 Å². The van der Waals surface area contributed by atoms with Gasteiger partial charge in [0.1, 0.15) is 12.1 Å². The SMILES string of the molecule is Cc1nc2ccc(NC(=O)Cn3cc(NC(=O)C(C)C)nn3)cc2o1. The fraction of sp³-hybridized carbons (Fsp3) is 0.312. The van der Waals surface area contributed by atoms with E-state index in [1.807, 2.05) is 0 Å². The third-order valence-electron chi connectivity index (χ3n) is 3.40. The summed E-state index contributed by atoms with van der Waals surface area (Å²) in [5.74, 6) is 0.277. The van der Waals surface area contributed by atoms with Crippen LogP contribution in [0.25, 0.3) is 11.1 Å². The van der Waals surface area contributed by atoms with Gasteiger partial charge in [0.25, 0.3) is 0 Å². The third-order valence-corrected chi connectivity index (χ3v) is 3.40. The Labute approximate surface area is 143 Å². The van der Waals surface area contributed by atoms with E-state index in [9.17, 15) is 9.59 Å². The lowest BCUT2D eigenvalue weighted by Crippen LogP contribution is -2.19. The molecular formula is C16H18N6O3. The van der Waals surface area contributed by atoms with Crippen molar-refractivity contribution in [3.63, 3.8) is 0 Å². The molecule has 2 heterocycles. The first-order chi connectivity index (χ1) is 11.9. The summed E-state index contributed by atoms with van der Waals surface area (Å²) < 4.78 is 6.79. The van der Waals surface area contributed by atoms with Gasteiger partial charge >= 0.3 is 0 Å². The highest BCUT2D eigenvalue weighted by molar-refractivity contribution is 5.93. The van der Waals surface area contributed by atoms with Crippen molar-refractivity contribution in [3.05, 3.63) is 30.3 Å². The van der Waals surface area contributed by atoms with E-state index < -0.39 is 0 Å². The van der Waals surface area contributed by atoms with Crippen LogP contribution in [-0.4, -0.2) is 31.8 Å². The van der Waals surface area contributed by atoms with Gasteiger partial charge in [-0.25, -0.2) is 9.67 Å². The van der Waals surface area contributed by atoms with E-state index in [1.165, 1.54) is 10.9 Å². The summed E-state index contributed by atoms with van der Waals surface area (Å²) in [5.41, 5.74) is 1.94. The van der Waals surface area contributed by atoms with Crippen molar-refractivity contribution >= 4 is 34.4 Å². The van der Waals surface area contributed by atoms with Gasteiger partial charge in [0.05, 0.1) is 6.20 Å². The number of nitrogens with one attached hydrogen (secondary N) is 2. The van der Waals surface area contributed by atoms with Crippen LogP contribution >= 0.6 is 0 Å². The summed E-state index contributed by atoms with van der Waals surface area (Å²) >= 11 is 0. The molecule has 2 amide bonds. The van der Waals surface area contributed by atoms with Crippen LogP contribution in [0.3, 0.4) is 0 Å².